The molecule has 0 radical (unpaired) electrons. The topological polar surface area (TPSA) is 59.8 Å². The molecule has 4 rings (SSSR count). The van der Waals surface area contributed by atoms with Crippen molar-refractivity contribution in [3.63, 3.8) is 0 Å². The summed E-state index contributed by atoms with van der Waals surface area (Å²) in [5.74, 6) is 0.369. The summed E-state index contributed by atoms with van der Waals surface area (Å²) in [5.41, 5.74) is 2.51. The minimum atomic E-state index is -0.267. The number of ether oxygens (including phenoxy) is 1. The Bertz CT molecular complexity index is 1020. The van der Waals surface area contributed by atoms with Gasteiger partial charge in [-0.2, -0.15) is 0 Å². The van der Waals surface area contributed by atoms with E-state index in [1.165, 1.54) is 11.6 Å². The Morgan fingerprint density at radius 3 is 2.72 bits per heavy atom. The number of methoxy groups -OCH3 is 1. The maximum absolute atomic E-state index is 12.8. The third-order valence-electron chi connectivity index (χ3n) is 4.56. The van der Waals surface area contributed by atoms with Gasteiger partial charge in [0, 0.05) is 25.2 Å². The highest BCUT2D eigenvalue weighted by Gasteiger charge is 2.24. The van der Waals surface area contributed by atoms with Crippen LogP contribution in [0.25, 0.3) is 11.0 Å². The SMILES string of the molecule is COc1ccc2c(=O)cc(C(=O)N3CCc4ccccc4C3)oc2c1. The summed E-state index contributed by atoms with van der Waals surface area (Å²) in [7, 11) is 1.54. The third-order valence-corrected chi connectivity index (χ3v) is 4.56. The van der Waals surface area contributed by atoms with E-state index in [1.807, 2.05) is 18.2 Å². The van der Waals surface area contributed by atoms with Crippen LogP contribution in [0, 0.1) is 0 Å². The molecule has 0 unspecified atom stereocenters. The molecule has 2 aromatic carbocycles. The first-order chi connectivity index (χ1) is 12.2. The Labute approximate surface area is 144 Å². The molecule has 3 aromatic rings. The minimum Gasteiger partial charge on any atom is -0.497 e. The van der Waals surface area contributed by atoms with Gasteiger partial charge in [-0.25, -0.2) is 0 Å². The highest BCUT2D eigenvalue weighted by molar-refractivity contribution is 5.93. The number of carbonyl (C=O) groups is 1. The van der Waals surface area contributed by atoms with Gasteiger partial charge in [0.05, 0.1) is 12.5 Å². The maximum atomic E-state index is 12.8. The van der Waals surface area contributed by atoms with E-state index in [0.29, 0.717) is 29.8 Å². The molecule has 0 bridgehead atoms. The lowest BCUT2D eigenvalue weighted by atomic mass is 10.00. The smallest absolute Gasteiger partial charge is 0.290 e. The summed E-state index contributed by atoms with van der Waals surface area (Å²) >= 11 is 0. The van der Waals surface area contributed by atoms with Gasteiger partial charge in [-0.05, 0) is 29.7 Å². The van der Waals surface area contributed by atoms with Crippen molar-refractivity contribution in [3.8, 4) is 5.75 Å². The van der Waals surface area contributed by atoms with Crippen molar-refractivity contribution in [2.24, 2.45) is 0 Å². The van der Waals surface area contributed by atoms with E-state index in [4.69, 9.17) is 9.15 Å². The predicted molar refractivity (Wildman–Crippen MR) is 93.9 cm³/mol. The van der Waals surface area contributed by atoms with Gasteiger partial charge >= 0.3 is 0 Å². The summed E-state index contributed by atoms with van der Waals surface area (Å²) in [6.45, 7) is 1.13. The Morgan fingerprint density at radius 1 is 1.12 bits per heavy atom. The Hall–Kier alpha value is -3.08. The molecule has 1 amide bonds. The Kier molecular flexibility index (Phi) is 3.76. The number of nitrogens with zero attached hydrogens (tertiary/aromatic N) is 1. The number of amides is 1. The zero-order chi connectivity index (χ0) is 17.4. The monoisotopic (exact) mass is 335 g/mol. The average Bonchev–Trinajstić information content (AvgIpc) is 2.66. The summed E-state index contributed by atoms with van der Waals surface area (Å²) < 4.78 is 10.9. The van der Waals surface area contributed by atoms with Crippen LogP contribution in [-0.4, -0.2) is 24.5 Å². The summed E-state index contributed by atoms with van der Waals surface area (Å²) in [4.78, 5) is 26.9. The van der Waals surface area contributed by atoms with Gasteiger partial charge in [0.15, 0.2) is 11.2 Å². The van der Waals surface area contributed by atoms with Crippen LogP contribution in [0.5, 0.6) is 5.75 Å². The first-order valence-electron chi connectivity index (χ1n) is 8.13. The van der Waals surface area contributed by atoms with Gasteiger partial charge in [0.25, 0.3) is 5.91 Å². The van der Waals surface area contributed by atoms with Crippen LogP contribution < -0.4 is 10.2 Å². The van der Waals surface area contributed by atoms with E-state index in [2.05, 4.69) is 6.07 Å². The quantitative estimate of drug-likeness (QED) is 0.722. The van der Waals surface area contributed by atoms with Gasteiger partial charge in [-0.15, -0.1) is 0 Å². The van der Waals surface area contributed by atoms with Crippen molar-refractivity contribution < 1.29 is 13.9 Å². The molecule has 25 heavy (non-hydrogen) atoms. The standard InChI is InChI=1S/C20H17NO4/c1-24-15-6-7-16-17(22)11-19(25-18(16)10-15)20(23)21-9-8-13-4-2-3-5-14(13)12-21/h2-7,10-11H,8-9,12H2,1H3. The normalized spacial score (nSPS) is 13.6. The van der Waals surface area contributed by atoms with Crippen LogP contribution >= 0.6 is 0 Å². The molecule has 1 aliphatic heterocycles. The van der Waals surface area contributed by atoms with Crippen LogP contribution in [0.2, 0.25) is 0 Å². The van der Waals surface area contributed by atoms with Gasteiger partial charge in [0.2, 0.25) is 0 Å². The molecule has 5 nitrogen and oxygen atoms in total. The lowest BCUT2D eigenvalue weighted by molar-refractivity contribution is 0.0703. The molecule has 0 N–H and O–H groups in total. The average molecular weight is 335 g/mol. The molecule has 2 heterocycles. The predicted octanol–water partition coefficient (Wildman–Crippen LogP) is 3.00. The molecular weight excluding hydrogens is 318 g/mol. The number of hydrogen-bond donors (Lipinski definition) is 0. The zero-order valence-electron chi connectivity index (χ0n) is 13.8. The molecular formula is C20H17NO4. The minimum absolute atomic E-state index is 0.0603. The molecule has 0 saturated carbocycles. The van der Waals surface area contributed by atoms with Gasteiger partial charge < -0.3 is 14.1 Å². The zero-order valence-corrected chi connectivity index (χ0v) is 13.8. The summed E-state index contributed by atoms with van der Waals surface area (Å²) in [6, 6.07) is 14.3. The van der Waals surface area contributed by atoms with Crippen molar-refractivity contribution in [2.45, 2.75) is 13.0 Å². The second-order valence-electron chi connectivity index (χ2n) is 6.08. The second kappa shape index (κ2) is 6.09. The largest absolute Gasteiger partial charge is 0.497 e. The summed E-state index contributed by atoms with van der Waals surface area (Å²) in [5, 5.41) is 0.432. The molecule has 0 aliphatic carbocycles. The molecule has 5 heteroatoms. The van der Waals surface area contributed by atoms with Crippen LogP contribution in [0.15, 0.2) is 57.7 Å². The lowest BCUT2D eigenvalue weighted by Gasteiger charge is -2.28. The first kappa shape index (κ1) is 15.4. The fourth-order valence-corrected chi connectivity index (χ4v) is 3.19. The molecule has 1 aliphatic rings. The summed E-state index contributed by atoms with van der Waals surface area (Å²) in [6.07, 6.45) is 0.799. The van der Waals surface area contributed by atoms with Crippen LogP contribution in [0.4, 0.5) is 0 Å². The number of carbonyl (C=O) groups excluding carboxylic acids is 1. The van der Waals surface area contributed by atoms with Crippen LogP contribution in [0.1, 0.15) is 21.7 Å². The van der Waals surface area contributed by atoms with Gasteiger partial charge in [-0.1, -0.05) is 24.3 Å². The molecule has 0 fully saturated rings. The van der Waals surface area contributed by atoms with Crippen molar-refractivity contribution in [3.05, 3.63) is 75.6 Å². The number of rotatable bonds is 2. The van der Waals surface area contributed by atoms with E-state index in [0.717, 1.165) is 12.0 Å². The van der Waals surface area contributed by atoms with Crippen molar-refractivity contribution in [1.29, 1.82) is 0 Å². The molecule has 126 valence electrons. The highest BCUT2D eigenvalue weighted by Crippen LogP contribution is 2.23. The first-order valence-corrected chi connectivity index (χ1v) is 8.13. The lowest BCUT2D eigenvalue weighted by Crippen LogP contribution is -2.36. The van der Waals surface area contributed by atoms with E-state index in [-0.39, 0.29) is 17.1 Å². The van der Waals surface area contributed by atoms with E-state index < -0.39 is 0 Å². The molecule has 0 saturated heterocycles. The van der Waals surface area contributed by atoms with Crippen LogP contribution in [-0.2, 0) is 13.0 Å². The number of benzene rings is 2. The fourth-order valence-electron chi connectivity index (χ4n) is 3.19. The highest BCUT2D eigenvalue weighted by atomic mass is 16.5. The maximum Gasteiger partial charge on any atom is 0.290 e. The Morgan fingerprint density at radius 2 is 1.92 bits per heavy atom. The fraction of sp³-hybridized carbons (Fsp3) is 0.200. The van der Waals surface area contributed by atoms with Crippen molar-refractivity contribution in [1.82, 2.24) is 4.90 Å². The van der Waals surface area contributed by atoms with E-state index in [1.54, 1.807) is 30.2 Å². The molecule has 0 spiro atoms. The van der Waals surface area contributed by atoms with Crippen molar-refractivity contribution >= 4 is 16.9 Å². The second-order valence-corrected chi connectivity index (χ2v) is 6.08. The molecule has 1 aromatic heterocycles. The third kappa shape index (κ3) is 2.78. The van der Waals surface area contributed by atoms with Crippen molar-refractivity contribution in [2.75, 3.05) is 13.7 Å². The van der Waals surface area contributed by atoms with E-state index >= 15 is 0 Å². The van der Waals surface area contributed by atoms with Crippen LogP contribution in [0.3, 0.4) is 0 Å². The number of fused-ring (bicyclic) bond motifs is 2. The molecule has 0 atom stereocenters. The van der Waals surface area contributed by atoms with Gasteiger partial charge in [-0.3, -0.25) is 9.59 Å². The van der Waals surface area contributed by atoms with E-state index in [9.17, 15) is 9.59 Å². The Balaban J connectivity index is 1.70. The number of hydrogen-bond acceptors (Lipinski definition) is 4. The van der Waals surface area contributed by atoms with Gasteiger partial charge in [0.1, 0.15) is 11.3 Å².